The molecule has 8 heteroatoms. The molecule has 27 heavy (non-hydrogen) atoms. The van der Waals surface area contributed by atoms with Gasteiger partial charge in [-0.2, -0.15) is 0 Å². The first-order chi connectivity index (χ1) is 13.0. The van der Waals surface area contributed by atoms with Crippen LogP contribution in [0.1, 0.15) is 0 Å². The molecule has 0 radical (unpaired) electrons. The topological polar surface area (TPSA) is 64.0 Å². The third-order valence-corrected chi connectivity index (χ3v) is 5.22. The minimum Gasteiger partial charge on any atom is -0.324 e. The lowest BCUT2D eigenvalue weighted by atomic mass is 10.2. The van der Waals surface area contributed by atoms with E-state index in [0.29, 0.717) is 38.3 Å². The van der Waals surface area contributed by atoms with Gasteiger partial charge in [-0.25, -0.2) is 4.98 Å². The molecule has 3 aromatic rings. The summed E-state index contributed by atoms with van der Waals surface area (Å²) in [5.41, 5.74) is 0.818. The van der Waals surface area contributed by atoms with Crippen LogP contribution in [0.4, 0.5) is 5.69 Å². The van der Waals surface area contributed by atoms with E-state index in [0.717, 1.165) is 11.8 Å². The van der Waals surface area contributed by atoms with Crippen molar-refractivity contribution in [2.45, 2.75) is 11.7 Å². The van der Waals surface area contributed by atoms with E-state index < -0.39 is 0 Å². The highest BCUT2D eigenvalue weighted by molar-refractivity contribution is 7.99. The standard InChI is InChI=1S/C19H15Cl2N3O2S/c1-2-9-24-18(26)13-8-7-12(20)10-16(13)23-19(24)27-11-17(25)22-15-6-4-3-5-14(15)21/h2-8,10H,1,9,11H2,(H,22,25). The fourth-order valence-corrected chi connectivity index (χ4v) is 3.61. The van der Waals surface area contributed by atoms with Gasteiger partial charge in [-0.05, 0) is 30.3 Å². The van der Waals surface area contributed by atoms with Gasteiger partial charge >= 0.3 is 0 Å². The number of carbonyl (C=O) groups excluding carboxylic acids is 1. The molecule has 2 aromatic carbocycles. The number of rotatable bonds is 6. The summed E-state index contributed by atoms with van der Waals surface area (Å²) in [6.45, 7) is 3.97. The van der Waals surface area contributed by atoms with E-state index in [2.05, 4.69) is 16.9 Å². The number of fused-ring (bicyclic) bond motifs is 1. The number of amides is 1. The SMILES string of the molecule is C=CCn1c(SCC(=O)Nc2ccccc2Cl)nc2cc(Cl)ccc2c1=O. The molecule has 0 aliphatic rings. The molecule has 138 valence electrons. The Morgan fingerprint density at radius 1 is 1.26 bits per heavy atom. The van der Waals surface area contributed by atoms with Gasteiger partial charge in [-0.3, -0.25) is 14.2 Å². The summed E-state index contributed by atoms with van der Waals surface area (Å²) in [7, 11) is 0. The molecule has 1 heterocycles. The first-order valence-electron chi connectivity index (χ1n) is 7.98. The van der Waals surface area contributed by atoms with Crippen LogP contribution < -0.4 is 10.9 Å². The third-order valence-electron chi connectivity index (χ3n) is 3.67. The molecular formula is C19H15Cl2N3O2S. The number of anilines is 1. The number of benzene rings is 2. The fourth-order valence-electron chi connectivity index (χ4n) is 2.45. The van der Waals surface area contributed by atoms with Crippen molar-refractivity contribution in [2.24, 2.45) is 0 Å². The van der Waals surface area contributed by atoms with E-state index in [1.54, 1.807) is 48.5 Å². The van der Waals surface area contributed by atoms with E-state index >= 15 is 0 Å². The van der Waals surface area contributed by atoms with Gasteiger partial charge < -0.3 is 5.32 Å². The Morgan fingerprint density at radius 3 is 2.78 bits per heavy atom. The maximum atomic E-state index is 12.7. The van der Waals surface area contributed by atoms with Crippen molar-refractivity contribution in [3.05, 3.63) is 75.5 Å². The summed E-state index contributed by atoms with van der Waals surface area (Å²) < 4.78 is 1.48. The Kier molecular flexibility index (Phi) is 6.21. The van der Waals surface area contributed by atoms with Crippen LogP contribution in [0, 0.1) is 0 Å². The molecule has 1 aromatic heterocycles. The van der Waals surface area contributed by atoms with Crippen LogP contribution in [0.2, 0.25) is 10.0 Å². The number of hydrogen-bond acceptors (Lipinski definition) is 4. The van der Waals surface area contributed by atoms with E-state index in [1.807, 2.05) is 0 Å². The van der Waals surface area contributed by atoms with Gasteiger partial charge in [-0.15, -0.1) is 6.58 Å². The molecule has 0 fully saturated rings. The monoisotopic (exact) mass is 419 g/mol. The average molecular weight is 420 g/mol. The minimum absolute atomic E-state index is 0.0703. The van der Waals surface area contributed by atoms with Crippen LogP contribution in [0.25, 0.3) is 10.9 Å². The van der Waals surface area contributed by atoms with Crippen molar-refractivity contribution in [1.29, 1.82) is 0 Å². The first kappa shape index (κ1) is 19.5. The molecule has 0 saturated heterocycles. The molecule has 0 aliphatic carbocycles. The summed E-state index contributed by atoms with van der Waals surface area (Å²) >= 11 is 13.2. The lowest BCUT2D eigenvalue weighted by molar-refractivity contribution is -0.113. The second-order valence-corrected chi connectivity index (χ2v) is 7.36. The highest BCUT2D eigenvalue weighted by Crippen LogP contribution is 2.23. The number of nitrogens with zero attached hydrogens (tertiary/aromatic N) is 2. The highest BCUT2D eigenvalue weighted by atomic mass is 35.5. The van der Waals surface area contributed by atoms with Crippen molar-refractivity contribution in [2.75, 3.05) is 11.1 Å². The second kappa shape index (κ2) is 8.61. The molecule has 5 nitrogen and oxygen atoms in total. The van der Waals surface area contributed by atoms with Gasteiger partial charge in [0, 0.05) is 11.6 Å². The zero-order valence-corrected chi connectivity index (χ0v) is 16.4. The Bertz CT molecular complexity index is 1080. The number of para-hydroxylation sites is 1. The molecule has 0 spiro atoms. The molecule has 0 atom stereocenters. The zero-order valence-electron chi connectivity index (χ0n) is 14.1. The number of halogens is 2. The van der Waals surface area contributed by atoms with Crippen molar-refractivity contribution in [1.82, 2.24) is 9.55 Å². The summed E-state index contributed by atoms with van der Waals surface area (Å²) in [5.74, 6) is -0.181. The lowest BCUT2D eigenvalue weighted by Gasteiger charge is -2.12. The molecule has 0 bridgehead atoms. The summed E-state index contributed by atoms with van der Waals surface area (Å²) in [6, 6.07) is 11.9. The smallest absolute Gasteiger partial charge is 0.262 e. The molecule has 3 rings (SSSR count). The van der Waals surface area contributed by atoms with Gasteiger partial charge in [0.05, 0.1) is 27.4 Å². The average Bonchev–Trinajstić information content (AvgIpc) is 2.64. The number of thioether (sulfide) groups is 1. The van der Waals surface area contributed by atoms with Crippen molar-refractivity contribution < 1.29 is 4.79 Å². The van der Waals surface area contributed by atoms with Crippen molar-refractivity contribution in [3.63, 3.8) is 0 Å². The maximum absolute atomic E-state index is 12.7. The third kappa shape index (κ3) is 4.53. The van der Waals surface area contributed by atoms with Crippen LogP contribution >= 0.6 is 35.0 Å². The van der Waals surface area contributed by atoms with Gasteiger partial charge in [0.15, 0.2) is 5.16 Å². The molecule has 0 aliphatic heterocycles. The highest BCUT2D eigenvalue weighted by Gasteiger charge is 2.13. The van der Waals surface area contributed by atoms with Crippen molar-refractivity contribution in [3.8, 4) is 0 Å². The van der Waals surface area contributed by atoms with Crippen molar-refractivity contribution >= 4 is 57.5 Å². The van der Waals surface area contributed by atoms with E-state index in [9.17, 15) is 9.59 Å². The summed E-state index contributed by atoms with van der Waals surface area (Å²) in [5, 5.41) is 4.57. The molecule has 1 amide bonds. The quantitative estimate of drug-likeness (QED) is 0.359. The molecule has 0 unspecified atom stereocenters. The Balaban J connectivity index is 1.86. The normalized spacial score (nSPS) is 10.7. The number of hydrogen-bond donors (Lipinski definition) is 1. The number of nitrogens with one attached hydrogen (secondary N) is 1. The predicted octanol–water partition coefficient (Wildman–Crippen LogP) is 4.62. The minimum atomic E-state index is -0.251. The van der Waals surface area contributed by atoms with E-state index in [4.69, 9.17) is 23.2 Å². The van der Waals surface area contributed by atoms with Gasteiger partial charge in [0.2, 0.25) is 5.91 Å². The van der Waals surface area contributed by atoms with Crippen LogP contribution in [-0.4, -0.2) is 21.2 Å². The predicted molar refractivity (Wildman–Crippen MR) is 112 cm³/mol. The molecule has 0 saturated carbocycles. The van der Waals surface area contributed by atoms with E-state index in [-0.39, 0.29) is 17.2 Å². The number of carbonyl (C=O) groups is 1. The van der Waals surface area contributed by atoms with E-state index in [1.165, 1.54) is 4.57 Å². The lowest BCUT2D eigenvalue weighted by Crippen LogP contribution is -2.23. The van der Waals surface area contributed by atoms with Gasteiger partial charge in [0.25, 0.3) is 5.56 Å². The Hall–Kier alpha value is -2.28. The zero-order chi connectivity index (χ0) is 19.4. The maximum Gasteiger partial charge on any atom is 0.262 e. The largest absolute Gasteiger partial charge is 0.324 e. The number of aromatic nitrogens is 2. The van der Waals surface area contributed by atoms with Crippen LogP contribution in [0.5, 0.6) is 0 Å². The molecular weight excluding hydrogens is 405 g/mol. The Morgan fingerprint density at radius 2 is 2.04 bits per heavy atom. The van der Waals surface area contributed by atoms with Gasteiger partial charge in [-0.1, -0.05) is 53.2 Å². The summed E-state index contributed by atoms with van der Waals surface area (Å²) in [6.07, 6.45) is 1.61. The first-order valence-corrected chi connectivity index (χ1v) is 9.72. The van der Waals surface area contributed by atoms with Crippen LogP contribution in [-0.2, 0) is 11.3 Å². The van der Waals surface area contributed by atoms with Crippen LogP contribution in [0.15, 0.2) is 65.1 Å². The van der Waals surface area contributed by atoms with Gasteiger partial charge in [0.1, 0.15) is 0 Å². The van der Waals surface area contributed by atoms with Crippen LogP contribution in [0.3, 0.4) is 0 Å². The summed E-state index contributed by atoms with van der Waals surface area (Å²) in [4.78, 5) is 29.5. The number of allylic oxidation sites excluding steroid dienone is 1. The Labute approximate surface area is 170 Å². The molecule has 1 N–H and O–H groups in total. The fraction of sp³-hybridized carbons (Fsp3) is 0.105. The second-order valence-electron chi connectivity index (χ2n) is 5.58.